The van der Waals surface area contributed by atoms with Gasteiger partial charge in [0.15, 0.2) is 23.1 Å². The van der Waals surface area contributed by atoms with Gasteiger partial charge in [-0.25, -0.2) is 8.78 Å². The Morgan fingerprint density at radius 1 is 1.09 bits per heavy atom. The summed E-state index contributed by atoms with van der Waals surface area (Å²) in [6, 6.07) is 2.92. The van der Waals surface area contributed by atoms with E-state index in [2.05, 4.69) is 10.00 Å². The lowest BCUT2D eigenvalue weighted by Crippen LogP contribution is -2.48. The fourth-order valence-corrected chi connectivity index (χ4v) is 3.70. The fourth-order valence-electron chi connectivity index (χ4n) is 3.70. The van der Waals surface area contributed by atoms with Gasteiger partial charge in [-0.1, -0.05) is 0 Å². The Morgan fingerprint density at radius 3 is 2.36 bits per heavy atom. The SMILES string of the molecule is Cc1nn(C)cc1CN1CCN(C(=O)c2ccc(COc3c(F)c(F)cc(F)c3F)o2)CC1. The van der Waals surface area contributed by atoms with Crippen LogP contribution in [0.15, 0.2) is 28.8 Å². The molecule has 1 amide bonds. The number of ether oxygens (including phenoxy) is 1. The van der Waals surface area contributed by atoms with Crippen LogP contribution in [0, 0.1) is 30.2 Å². The zero-order valence-corrected chi connectivity index (χ0v) is 18.1. The summed E-state index contributed by atoms with van der Waals surface area (Å²) in [5.74, 6) is -7.82. The molecular weight excluding hydrogens is 444 g/mol. The van der Waals surface area contributed by atoms with Gasteiger partial charge in [-0.2, -0.15) is 13.9 Å². The molecule has 2 aromatic heterocycles. The number of rotatable bonds is 6. The molecule has 0 spiro atoms. The van der Waals surface area contributed by atoms with E-state index in [1.165, 1.54) is 12.1 Å². The molecule has 3 aromatic rings. The summed E-state index contributed by atoms with van der Waals surface area (Å²) in [5.41, 5.74) is 2.11. The van der Waals surface area contributed by atoms with Crippen LogP contribution in [-0.2, 0) is 20.2 Å². The number of hydrogen-bond acceptors (Lipinski definition) is 5. The van der Waals surface area contributed by atoms with E-state index in [1.54, 1.807) is 9.58 Å². The van der Waals surface area contributed by atoms with E-state index < -0.39 is 35.6 Å². The highest BCUT2D eigenvalue weighted by atomic mass is 19.2. The van der Waals surface area contributed by atoms with Crippen molar-refractivity contribution >= 4 is 5.91 Å². The molecule has 0 bridgehead atoms. The fraction of sp³-hybridized carbons (Fsp3) is 0.364. The molecule has 7 nitrogen and oxygen atoms in total. The minimum absolute atomic E-state index is 0.0384. The Balaban J connectivity index is 1.33. The molecule has 0 N–H and O–H groups in total. The van der Waals surface area contributed by atoms with Crippen molar-refractivity contribution in [2.24, 2.45) is 7.05 Å². The molecule has 0 saturated carbocycles. The average Bonchev–Trinajstić information content (AvgIpc) is 3.38. The van der Waals surface area contributed by atoms with Gasteiger partial charge in [-0.05, 0) is 19.1 Å². The van der Waals surface area contributed by atoms with Crippen molar-refractivity contribution in [2.75, 3.05) is 26.2 Å². The van der Waals surface area contributed by atoms with Gasteiger partial charge in [-0.3, -0.25) is 14.4 Å². The first-order valence-corrected chi connectivity index (χ1v) is 10.3. The molecule has 1 fully saturated rings. The highest BCUT2D eigenvalue weighted by molar-refractivity contribution is 5.91. The standard InChI is InChI=1S/C22H22F4N4O3/c1-13-14(10-28(2)27-13)11-29-5-7-30(8-6-29)22(31)18-4-3-15(33-18)12-32-21-19(25)16(23)9-17(24)20(21)26/h3-4,9-10H,5-8,11-12H2,1-2H3. The molecule has 1 aliphatic rings. The minimum Gasteiger partial charge on any atom is -0.479 e. The van der Waals surface area contributed by atoms with Gasteiger partial charge in [0.1, 0.15) is 12.4 Å². The van der Waals surface area contributed by atoms with E-state index in [9.17, 15) is 22.4 Å². The number of benzene rings is 1. The number of carbonyl (C=O) groups is 1. The molecule has 1 aromatic carbocycles. The third kappa shape index (κ3) is 4.87. The van der Waals surface area contributed by atoms with Crippen LogP contribution >= 0.6 is 0 Å². The first-order valence-electron chi connectivity index (χ1n) is 10.3. The number of hydrogen-bond donors (Lipinski definition) is 0. The van der Waals surface area contributed by atoms with Gasteiger partial charge in [0.2, 0.25) is 11.6 Å². The Kier molecular flexibility index (Phi) is 6.41. The maximum absolute atomic E-state index is 13.7. The lowest BCUT2D eigenvalue weighted by Gasteiger charge is -2.34. The van der Waals surface area contributed by atoms with E-state index >= 15 is 0 Å². The topological polar surface area (TPSA) is 63.7 Å². The first kappa shape index (κ1) is 22.8. The maximum atomic E-state index is 13.7. The number of halogens is 4. The molecular formula is C22H22F4N4O3. The minimum atomic E-state index is -1.64. The van der Waals surface area contributed by atoms with Crippen LogP contribution in [0.2, 0.25) is 0 Å². The zero-order chi connectivity index (χ0) is 23.7. The van der Waals surface area contributed by atoms with Gasteiger partial charge < -0.3 is 14.1 Å². The molecule has 0 unspecified atom stereocenters. The zero-order valence-electron chi connectivity index (χ0n) is 18.1. The van der Waals surface area contributed by atoms with Crippen molar-refractivity contribution in [1.29, 1.82) is 0 Å². The van der Waals surface area contributed by atoms with Crippen molar-refractivity contribution in [3.63, 3.8) is 0 Å². The van der Waals surface area contributed by atoms with Crippen molar-refractivity contribution in [3.8, 4) is 5.75 Å². The summed E-state index contributed by atoms with van der Waals surface area (Å²) in [6.45, 7) is 4.56. The molecule has 0 aliphatic carbocycles. The van der Waals surface area contributed by atoms with Crippen LogP contribution in [0.5, 0.6) is 5.75 Å². The number of furan rings is 1. The number of carbonyl (C=O) groups excluding carboxylic acids is 1. The van der Waals surface area contributed by atoms with E-state index in [4.69, 9.17) is 9.15 Å². The molecule has 11 heteroatoms. The van der Waals surface area contributed by atoms with Gasteiger partial charge in [0.25, 0.3) is 5.91 Å². The summed E-state index contributed by atoms with van der Waals surface area (Å²) < 4.78 is 66.1. The van der Waals surface area contributed by atoms with Crippen LogP contribution in [0.3, 0.4) is 0 Å². The van der Waals surface area contributed by atoms with Gasteiger partial charge in [0, 0.05) is 57.6 Å². The molecule has 3 heterocycles. The summed E-state index contributed by atoms with van der Waals surface area (Å²) in [5, 5.41) is 4.34. The summed E-state index contributed by atoms with van der Waals surface area (Å²) >= 11 is 0. The Labute approximate surface area is 187 Å². The van der Waals surface area contributed by atoms with E-state index in [-0.39, 0.29) is 23.5 Å². The Hall–Kier alpha value is -3.34. The van der Waals surface area contributed by atoms with Crippen molar-refractivity contribution in [2.45, 2.75) is 20.1 Å². The number of amides is 1. The Bertz CT molecular complexity index is 1140. The maximum Gasteiger partial charge on any atom is 0.289 e. The first-order chi connectivity index (χ1) is 15.7. The largest absolute Gasteiger partial charge is 0.479 e. The lowest BCUT2D eigenvalue weighted by atomic mass is 10.2. The van der Waals surface area contributed by atoms with Crippen LogP contribution in [0.4, 0.5) is 17.6 Å². The second-order valence-corrected chi connectivity index (χ2v) is 7.83. The van der Waals surface area contributed by atoms with Crippen molar-refractivity contribution in [1.82, 2.24) is 19.6 Å². The predicted molar refractivity (Wildman–Crippen MR) is 108 cm³/mol. The molecule has 176 valence electrons. The van der Waals surface area contributed by atoms with Gasteiger partial charge in [0.05, 0.1) is 5.69 Å². The molecule has 0 radical (unpaired) electrons. The van der Waals surface area contributed by atoms with E-state index in [0.717, 1.165) is 17.8 Å². The van der Waals surface area contributed by atoms with Crippen LogP contribution < -0.4 is 4.74 Å². The summed E-state index contributed by atoms with van der Waals surface area (Å²) in [7, 11) is 1.87. The van der Waals surface area contributed by atoms with E-state index in [1.807, 2.05) is 20.2 Å². The summed E-state index contributed by atoms with van der Waals surface area (Å²) in [6.07, 6.45) is 1.98. The third-order valence-electron chi connectivity index (χ3n) is 5.47. The third-order valence-corrected chi connectivity index (χ3v) is 5.47. The molecule has 0 atom stereocenters. The van der Waals surface area contributed by atoms with Crippen molar-refractivity contribution < 1.29 is 31.5 Å². The van der Waals surface area contributed by atoms with E-state index in [0.29, 0.717) is 26.2 Å². The smallest absolute Gasteiger partial charge is 0.289 e. The number of nitrogens with zero attached hydrogens (tertiary/aromatic N) is 4. The molecule has 1 aliphatic heterocycles. The highest BCUT2D eigenvalue weighted by Crippen LogP contribution is 2.27. The second kappa shape index (κ2) is 9.26. The molecule has 4 rings (SSSR count). The monoisotopic (exact) mass is 466 g/mol. The van der Waals surface area contributed by atoms with Crippen LogP contribution in [-0.4, -0.2) is 51.7 Å². The number of aromatic nitrogens is 2. The van der Waals surface area contributed by atoms with Gasteiger partial charge in [-0.15, -0.1) is 0 Å². The van der Waals surface area contributed by atoms with Crippen molar-refractivity contribution in [3.05, 3.63) is 70.4 Å². The number of piperazine rings is 1. The predicted octanol–water partition coefficient (Wildman–Crippen LogP) is 3.41. The summed E-state index contributed by atoms with van der Waals surface area (Å²) in [4.78, 5) is 16.6. The van der Waals surface area contributed by atoms with Gasteiger partial charge >= 0.3 is 0 Å². The Morgan fingerprint density at radius 2 is 1.76 bits per heavy atom. The normalized spacial score (nSPS) is 14.7. The molecule has 33 heavy (non-hydrogen) atoms. The highest BCUT2D eigenvalue weighted by Gasteiger charge is 2.25. The molecule has 1 saturated heterocycles. The van der Waals surface area contributed by atoms with Crippen LogP contribution in [0.1, 0.15) is 27.6 Å². The quantitative estimate of drug-likeness (QED) is 0.412. The second-order valence-electron chi connectivity index (χ2n) is 7.83. The van der Waals surface area contributed by atoms with Crippen LogP contribution in [0.25, 0.3) is 0 Å². The average molecular weight is 466 g/mol. The lowest BCUT2D eigenvalue weighted by molar-refractivity contribution is 0.0593. The number of aryl methyl sites for hydroxylation is 2.